The first-order chi connectivity index (χ1) is 11.7. The molecule has 1 aliphatic rings. The Kier molecular flexibility index (Phi) is 5.87. The lowest BCUT2D eigenvalue weighted by molar-refractivity contribution is -0.122. The molecule has 0 saturated carbocycles. The Morgan fingerprint density at radius 1 is 1.17 bits per heavy atom. The second kappa shape index (κ2) is 8.10. The van der Waals surface area contributed by atoms with Crippen molar-refractivity contribution in [3.63, 3.8) is 0 Å². The van der Waals surface area contributed by atoms with Crippen LogP contribution in [0.1, 0.15) is 28.7 Å². The normalized spacial score (nSPS) is 16.4. The zero-order chi connectivity index (χ0) is 16.9. The zero-order valence-corrected chi connectivity index (χ0v) is 16.0. The third-order valence-corrected chi connectivity index (χ3v) is 6.42. The van der Waals surface area contributed by atoms with Gasteiger partial charge in [0.15, 0.2) is 0 Å². The fourth-order valence-corrected chi connectivity index (χ4v) is 4.84. The van der Waals surface area contributed by atoms with Crippen LogP contribution in [0.5, 0.6) is 0 Å². The number of hydrogen-bond donors (Lipinski definition) is 0. The number of amides is 1. The lowest BCUT2D eigenvalue weighted by Gasteiger charge is -2.14. The Hall–Kier alpha value is -1.43. The van der Waals surface area contributed by atoms with E-state index in [1.807, 2.05) is 24.3 Å². The summed E-state index contributed by atoms with van der Waals surface area (Å²) in [6.45, 7) is 2.82. The van der Waals surface area contributed by atoms with Crippen LogP contribution in [0, 0.1) is 0 Å². The van der Waals surface area contributed by atoms with Gasteiger partial charge in [0, 0.05) is 16.3 Å². The Morgan fingerprint density at radius 3 is 2.67 bits per heavy atom. The maximum Gasteiger partial charge on any atom is 0.266 e. The van der Waals surface area contributed by atoms with Crippen molar-refractivity contribution in [2.24, 2.45) is 0 Å². The van der Waals surface area contributed by atoms with Crippen molar-refractivity contribution in [1.29, 1.82) is 0 Å². The number of thioether (sulfide) groups is 1. The van der Waals surface area contributed by atoms with Gasteiger partial charge in [-0.25, -0.2) is 0 Å². The molecule has 0 radical (unpaired) electrons. The predicted octanol–water partition coefficient (Wildman–Crippen LogP) is 5.14. The third-order valence-electron chi connectivity index (χ3n) is 3.87. The van der Waals surface area contributed by atoms with Gasteiger partial charge >= 0.3 is 0 Å². The van der Waals surface area contributed by atoms with Crippen molar-refractivity contribution >= 4 is 51.6 Å². The molecule has 1 aromatic heterocycles. The van der Waals surface area contributed by atoms with Crippen LogP contribution in [-0.4, -0.2) is 21.7 Å². The van der Waals surface area contributed by atoms with E-state index in [2.05, 4.69) is 31.2 Å². The molecule has 0 spiro atoms. The average Bonchev–Trinajstić information content (AvgIpc) is 3.15. The van der Waals surface area contributed by atoms with Gasteiger partial charge < -0.3 is 0 Å². The second-order valence-electron chi connectivity index (χ2n) is 5.58. The molecule has 0 unspecified atom stereocenters. The Balaban J connectivity index is 1.61. The van der Waals surface area contributed by atoms with E-state index < -0.39 is 0 Å². The van der Waals surface area contributed by atoms with Crippen molar-refractivity contribution < 1.29 is 4.79 Å². The highest BCUT2D eigenvalue weighted by Gasteiger charge is 2.31. The molecule has 2 heterocycles. The van der Waals surface area contributed by atoms with Crippen molar-refractivity contribution in [3.8, 4) is 0 Å². The van der Waals surface area contributed by atoms with E-state index in [-0.39, 0.29) is 5.91 Å². The summed E-state index contributed by atoms with van der Waals surface area (Å²) in [6.07, 6.45) is 4.88. The van der Waals surface area contributed by atoms with Gasteiger partial charge in [0.1, 0.15) is 4.32 Å². The second-order valence-corrected chi connectivity index (χ2v) is 8.46. The maximum absolute atomic E-state index is 12.6. The van der Waals surface area contributed by atoms with E-state index in [1.165, 1.54) is 22.2 Å². The standard InChI is InChI=1S/C19H19NOS3/c1-2-15-10-11-16(23-15)13-17-18(21)20(19(22)24-17)12-6-9-14-7-4-3-5-8-14/h3-5,7-8,10-11,13H,2,6,9,12H2,1H3/b17-13-. The van der Waals surface area contributed by atoms with Crippen LogP contribution in [0.2, 0.25) is 0 Å². The molecule has 0 atom stereocenters. The molecule has 0 bridgehead atoms. The molecule has 1 aromatic carbocycles. The Bertz CT molecular complexity index is 764. The fourth-order valence-electron chi connectivity index (χ4n) is 2.57. The molecule has 124 valence electrons. The highest BCUT2D eigenvalue weighted by molar-refractivity contribution is 8.26. The van der Waals surface area contributed by atoms with Crippen molar-refractivity contribution in [2.75, 3.05) is 6.54 Å². The van der Waals surface area contributed by atoms with Gasteiger partial charge in [-0.1, -0.05) is 61.2 Å². The predicted molar refractivity (Wildman–Crippen MR) is 108 cm³/mol. The highest BCUT2D eigenvalue weighted by Crippen LogP contribution is 2.34. The summed E-state index contributed by atoms with van der Waals surface area (Å²) in [6, 6.07) is 14.5. The molecule has 0 N–H and O–H groups in total. The van der Waals surface area contributed by atoms with Crippen molar-refractivity contribution in [3.05, 3.63) is 62.7 Å². The summed E-state index contributed by atoms with van der Waals surface area (Å²) >= 11 is 8.55. The number of hydrogen-bond acceptors (Lipinski definition) is 4. The summed E-state index contributed by atoms with van der Waals surface area (Å²) in [5, 5.41) is 0. The molecule has 1 aliphatic heterocycles. The first-order valence-electron chi connectivity index (χ1n) is 8.05. The quantitative estimate of drug-likeness (QED) is 0.516. The number of thiocarbonyl (C=S) groups is 1. The number of rotatable bonds is 6. The van der Waals surface area contributed by atoms with E-state index in [9.17, 15) is 4.79 Å². The molecule has 0 aliphatic carbocycles. The van der Waals surface area contributed by atoms with Crippen LogP contribution >= 0.6 is 35.3 Å². The Morgan fingerprint density at radius 2 is 1.96 bits per heavy atom. The van der Waals surface area contributed by atoms with Gasteiger partial charge in [0.05, 0.1) is 4.91 Å². The fraction of sp³-hybridized carbons (Fsp3) is 0.263. The minimum atomic E-state index is 0.0458. The smallest absolute Gasteiger partial charge is 0.266 e. The van der Waals surface area contributed by atoms with Crippen LogP contribution in [0.15, 0.2) is 47.4 Å². The largest absolute Gasteiger partial charge is 0.293 e. The van der Waals surface area contributed by atoms with E-state index in [1.54, 1.807) is 16.2 Å². The highest BCUT2D eigenvalue weighted by atomic mass is 32.2. The van der Waals surface area contributed by atoms with Gasteiger partial charge in [0.2, 0.25) is 0 Å². The minimum absolute atomic E-state index is 0.0458. The van der Waals surface area contributed by atoms with Gasteiger partial charge in [-0.3, -0.25) is 9.69 Å². The molecule has 3 rings (SSSR count). The first-order valence-corrected chi connectivity index (χ1v) is 10.1. The van der Waals surface area contributed by atoms with Gasteiger partial charge in [-0.15, -0.1) is 11.3 Å². The number of carbonyl (C=O) groups excluding carboxylic acids is 1. The average molecular weight is 374 g/mol. The maximum atomic E-state index is 12.6. The summed E-state index contributed by atoms with van der Waals surface area (Å²) in [5.41, 5.74) is 1.30. The van der Waals surface area contributed by atoms with E-state index >= 15 is 0 Å². The van der Waals surface area contributed by atoms with Crippen LogP contribution in [-0.2, 0) is 17.6 Å². The number of benzene rings is 1. The zero-order valence-electron chi connectivity index (χ0n) is 13.5. The topological polar surface area (TPSA) is 20.3 Å². The molecular formula is C19H19NOS3. The minimum Gasteiger partial charge on any atom is -0.293 e. The third kappa shape index (κ3) is 4.15. The molecular weight excluding hydrogens is 354 g/mol. The van der Waals surface area contributed by atoms with E-state index in [0.29, 0.717) is 10.9 Å². The van der Waals surface area contributed by atoms with Crippen LogP contribution in [0.4, 0.5) is 0 Å². The molecule has 2 nitrogen and oxygen atoms in total. The number of carbonyl (C=O) groups is 1. The molecule has 2 aromatic rings. The summed E-state index contributed by atoms with van der Waals surface area (Å²) in [7, 11) is 0. The number of nitrogens with zero attached hydrogens (tertiary/aromatic N) is 1. The lowest BCUT2D eigenvalue weighted by Crippen LogP contribution is -2.29. The number of thiophene rings is 1. The van der Waals surface area contributed by atoms with E-state index in [0.717, 1.165) is 29.0 Å². The van der Waals surface area contributed by atoms with Crippen molar-refractivity contribution in [2.45, 2.75) is 26.2 Å². The molecule has 5 heteroatoms. The monoisotopic (exact) mass is 373 g/mol. The SMILES string of the molecule is CCc1ccc(/C=C2\SC(=S)N(CCCc3ccccc3)C2=O)s1. The Labute approximate surface area is 156 Å². The molecule has 1 amide bonds. The van der Waals surface area contributed by atoms with Crippen LogP contribution in [0.25, 0.3) is 6.08 Å². The van der Waals surface area contributed by atoms with E-state index in [4.69, 9.17) is 12.2 Å². The summed E-state index contributed by atoms with van der Waals surface area (Å²) < 4.78 is 0.673. The van der Waals surface area contributed by atoms with Gasteiger partial charge in [0.25, 0.3) is 5.91 Å². The summed E-state index contributed by atoms with van der Waals surface area (Å²) in [4.78, 5) is 17.5. The molecule has 1 fully saturated rings. The summed E-state index contributed by atoms with van der Waals surface area (Å²) in [5.74, 6) is 0.0458. The van der Waals surface area contributed by atoms with Crippen molar-refractivity contribution in [1.82, 2.24) is 4.90 Å². The van der Waals surface area contributed by atoms with Crippen LogP contribution in [0.3, 0.4) is 0 Å². The van der Waals surface area contributed by atoms with Crippen LogP contribution < -0.4 is 0 Å². The first kappa shape index (κ1) is 17.4. The molecule has 24 heavy (non-hydrogen) atoms. The lowest BCUT2D eigenvalue weighted by atomic mass is 10.1. The molecule has 1 saturated heterocycles. The van der Waals surface area contributed by atoms with Gasteiger partial charge in [-0.2, -0.15) is 0 Å². The number of aryl methyl sites for hydroxylation is 2. The van der Waals surface area contributed by atoms with Gasteiger partial charge in [-0.05, 0) is 43.0 Å².